The van der Waals surface area contributed by atoms with Crippen LogP contribution in [-0.4, -0.2) is 45.7 Å². The molecule has 1 heterocycles. The molecule has 1 aliphatic rings. The van der Waals surface area contributed by atoms with Crippen molar-refractivity contribution in [2.24, 2.45) is 5.92 Å². The lowest BCUT2D eigenvalue weighted by Gasteiger charge is -2.37. The highest BCUT2D eigenvalue weighted by molar-refractivity contribution is 7.92. The van der Waals surface area contributed by atoms with Crippen LogP contribution in [0.1, 0.15) is 29.8 Å². The Morgan fingerprint density at radius 3 is 2.06 bits per heavy atom. The molecule has 0 unspecified atom stereocenters. The van der Waals surface area contributed by atoms with Gasteiger partial charge in [-0.1, -0.05) is 44.2 Å². The summed E-state index contributed by atoms with van der Waals surface area (Å²) in [5.74, 6) is -0.715. The van der Waals surface area contributed by atoms with E-state index in [2.05, 4.69) is 40.5 Å². The van der Waals surface area contributed by atoms with Gasteiger partial charge < -0.3 is 14.9 Å². The van der Waals surface area contributed by atoms with Gasteiger partial charge in [0.2, 0.25) is 0 Å². The summed E-state index contributed by atoms with van der Waals surface area (Å²) in [5.41, 5.74) is 2.96. The highest BCUT2D eigenvalue weighted by Gasteiger charge is 2.22. The predicted molar refractivity (Wildman–Crippen MR) is 140 cm³/mol. The lowest BCUT2D eigenvalue weighted by Crippen LogP contribution is -2.46. The quantitative estimate of drug-likeness (QED) is 0.472. The van der Waals surface area contributed by atoms with Crippen LogP contribution in [0.2, 0.25) is 0 Å². The molecule has 0 aromatic heterocycles. The van der Waals surface area contributed by atoms with Gasteiger partial charge in [-0.2, -0.15) is 0 Å². The molecule has 3 aromatic rings. The zero-order chi connectivity index (χ0) is 25.0. The van der Waals surface area contributed by atoms with E-state index in [4.69, 9.17) is 0 Å². The largest absolute Gasteiger partial charge is 0.478 e. The van der Waals surface area contributed by atoms with Crippen LogP contribution in [0.4, 0.5) is 17.1 Å². The first kappa shape index (κ1) is 24.6. The third-order valence-corrected chi connectivity index (χ3v) is 7.50. The van der Waals surface area contributed by atoms with E-state index in [1.165, 1.54) is 11.8 Å². The Hall–Kier alpha value is -3.52. The normalized spacial score (nSPS) is 14.3. The summed E-state index contributed by atoms with van der Waals surface area (Å²) in [5, 5.41) is 9.81. The van der Waals surface area contributed by atoms with Crippen molar-refractivity contribution >= 4 is 33.1 Å². The molecule has 1 aliphatic heterocycles. The van der Waals surface area contributed by atoms with Crippen molar-refractivity contribution in [3.8, 4) is 0 Å². The van der Waals surface area contributed by atoms with Gasteiger partial charge in [0.05, 0.1) is 16.1 Å². The number of anilines is 3. The molecule has 0 amide bonds. The van der Waals surface area contributed by atoms with Crippen LogP contribution in [0.15, 0.2) is 77.7 Å². The van der Waals surface area contributed by atoms with Crippen LogP contribution < -0.4 is 14.5 Å². The Morgan fingerprint density at radius 1 is 0.886 bits per heavy atom. The second kappa shape index (κ2) is 10.4. The maximum Gasteiger partial charge on any atom is 0.337 e. The Kier molecular flexibility index (Phi) is 7.31. The molecule has 1 saturated heterocycles. The maximum absolute atomic E-state index is 12.9. The van der Waals surface area contributed by atoms with Gasteiger partial charge in [-0.3, -0.25) is 4.72 Å². The van der Waals surface area contributed by atoms with Crippen molar-refractivity contribution in [1.82, 2.24) is 0 Å². The minimum Gasteiger partial charge on any atom is -0.478 e. The number of para-hydroxylation sites is 1. The van der Waals surface area contributed by atoms with Crippen LogP contribution in [0, 0.1) is 5.92 Å². The fourth-order valence-electron chi connectivity index (χ4n) is 4.34. The number of benzene rings is 3. The number of sulfonamides is 1. The van der Waals surface area contributed by atoms with E-state index in [0.717, 1.165) is 43.9 Å². The zero-order valence-electron chi connectivity index (χ0n) is 20.0. The van der Waals surface area contributed by atoms with Crippen molar-refractivity contribution in [3.05, 3.63) is 83.9 Å². The molecule has 8 heteroatoms. The van der Waals surface area contributed by atoms with Gasteiger partial charge in [0.1, 0.15) is 0 Å². The van der Waals surface area contributed by atoms with Gasteiger partial charge in [0.15, 0.2) is 0 Å². The first-order valence-corrected chi connectivity index (χ1v) is 13.3. The number of hydrogen-bond donors (Lipinski definition) is 2. The second-order valence-electron chi connectivity index (χ2n) is 9.19. The van der Waals surface area contributed by atoms with Crippen LogP contribution in [-0.2, 0) is 16.4 Å². The molecule has 0 saturated carbocycles. The first-order valence-electron chi connectivity index (χ1n) is 11.8. The summed E-state index contributed by atoms with van der Waals surface area (Å²) < 4.78 is 28.4. The molecule has 2 N–H and O–H groups in total. The molecular weight excluding hydrogens is 462 g/mol. The van der Waals surface area contributed by atoms with Crippen molar-refractivity contribution in [3.63, 3.8) is 0 Å². The van der Waals surface area contributed by atoms with Crippen LogP contribution in [0.25, 0.3) is 0 Å². The molecule has 0 atom stereocenters. The van der Waals surface area contributed by atoms with E-state index in [9.17, 15) is 18.3 Å². The second-order valence-corrected chi connectivity index (χ2v) is 10.9. The summed E-state index contributed by atoms with van der Waals surface area (Å²) in [7, 11) is -3.92. The first-order chi connectivity index (χ1) is 16.7. The Balaban J connectivity index is 1.49. The molecule has 4 rings (SSSR count). The van der Waals surface area contributed by atoms with Crippen LogP contribution in [0.3, 0.4) is 0 Å². The molecule has 7 nitrogen and oxygen atoms in total. The number of hydrogen-bond acceptors (Lipinski definition) is 5. The number of carbonyl (C=O) groups is 1. The van der Waals surface area contributed by atoms with Gasteiger partial charge >= 0.3 is 5.97 Å². The van der Waals surface area contributed by atoms with Crippen molar-refractivity contribution < 1.29 is 18.3 Å². The highest BCUT2D eigenvalue weighted by Crippen LogP contribution is 2.27. The fraction of sp³-hybridized carbons (Fsp3) is 0.296. The molecule has 0 radical (unpaired) electrons. The van der Waals surface area contributed by atoms with E-state index >= 15 is 0 Å². The number of aromatic carboxylic acids is 1. The summed E-state index contributed by atoms with van der Waals surface area (Å²) in [6, 6.07) is 21.7. The van der Waals surface area contributed by atoms with E-state index in [-0.39, 0.29) is 16.1 Å². The summed E-state index contributed by atoms with van der Waals surface area (Å²) in [4.78, 5) is 16.5. The molecule has 184 valence electrons. The van der Waals surface area contributed by atoms with E-state index in [0.29, 0.717) is 5.92 Å². The zero-order valence-corrected chi connectivity index (χ0v) is 20.8. The monoisotopic (exact) mass is 493 g/mol. The Bertz CT molecular complexity index is 1270. The van der Waals surface area contributed by atoms with Crippen LogP contribution >= 0.6 is 0 Å². The lowest BCUT2D eigenvalue weighted by molar-refractivity contribution is 0.0698. The minimum atomic E-state index is -3.92. The lowest BCUT2D eigenvalue weighted by atomic mass is 10.0. The molecular formula is C27H31N3O4S. The molecule has 0 bridgehead atoms. The SMILES string of the molecule is CC(C)Cc1ccc(S(=O)(=O)Nc2ccc(N3CCN(c4ccccc4)CC3)cc2C(=O)O)cc1. The van der Waals surface area contributed by atoms with Gasteiger partial charge in [0.25, 0.3) is 10.0 Å². The van der Waals surface area contributed by atoms with Crippen molar-refractivity contribution in [1.29, 1.82) is 0 Å². The smallest absolute Gasteiger partial charge is 0.337 e. The molecule has 0 spiro atoms. The summed E-state index contributed by atoms with van der Waals surface area (Å²) >= 11 is 0. The molecule has 35 heavy (non-hydrogen) atoms. The molecule has 1 fully saturated rings. The third-order valence-electron chi connectivity index (χ3n) is 6.12. The minimum absolute atomic E-state index is 0.0513. The Morgan fingerprint density at radius 2 is 1.49 bits per heavy atom. The predicted octanol–water partition coefficient (Wildman–Crippen LogP) is 4.71. The number of nitrogens with one attached hydrogen (secondary N) is 1. The highest BCUT2D eigenvalue weighted by atomic mass is 32.2. The van der Waals surface area contributed by atoms with E-state index in [1.54, 1.807) is 36.4 Å². The average Bonchev–Trinajstić information content (AvgIpc) is 2.84. The van der Waals surface area contributed by atoms with Crippen LogP contribution in [0.5, 0.6) is 0 Å². The molecule has 3 aromatic carbocycles. The standard InChI is InChI=1S/C27H31N3O4S/c1-20(2)18-21-8-11-24(12-9-21)35(33,34)28-26-13-10-23(19-25(26)27(31)32)30-16-14-29(15-17-30)22-6-4-3-5-7-22/h3-13,19-20,28H,14-18H2,1-2H3,(H,31,32). The number of piperazine rings is 1. The number of nitrogens with zero attached hydrogens (tertiary/aromatic N) is 2. The third kappa shape index (κ3) is 5.95. The molecule has 0 aliphatic carbocycles. The number of rotatable bonds is 8. The average molecular weight is 494 g/mol. The maximum atomic E-state index is 12.9. The topological polar surface area (TPSA) is 90.0 Å². The Labute approximate surface area is 207 Å². The van der Waals surface area contributed by atoms with Crippen molar-refractivity contribution in [2.75, 3.05) is 40.7 Å². The van der Waals surface area contributed by atoms with Gasteiger partial charge in [-0.05, 0) is 60.4 Å². The van der Waals surface area contributed by atoms with Crippen molar-refractivity contribution in [2.45, 2.75) is 25.2 Å². The van der Waals surface area contributed by atoms with E-state index < -0.39 is 16.0 Å². The summed E-state index contributed by atoms with van der Waals surface area (Å²) in [6.07, 6.45) is 0.859. The fourth-order valence-corrected chi connectivity index (χ4v) is 5.42. The number of carboxylic acids is 1. The van der Waals surface area contributed by atoms with Gasteiger partial charge in [-0.25, -0.2) is 13.2 Å². The van der Waals surface area contributed by atoms with Gasteiger partial charge in [-0.15, -0.1) is 0 Å². The number of carboxylic acid groups (broad SMARTS) is 1. The van der Waals surface area contributed by atoms with E-state index in [1.807, 2.05) is 18.2 Å². The van der Waals surface area contributed by atoms with Gasteiger partial charge in [0, 0.05) is 37.6 Å². The summed E-state index contributed by atoms with van der Waals surface area (Å²) in [6.45, 7) is 7.31.